The summed E-state index contributed by atoms with van der Waals surface area (Å²) in [5.41, 5.74) is -0.450. The molecule has 4 nitrogen and oxygen atoms in total. The topological polar surface area (TPSA) is 50.7 Å². The van der Waals surface area contributed by atoms with Gasteiger partial charge in [0, 0.05) is 5.69 Å². The summed E-state index contributed by atoms with van der Waals surface area (Å²) in [4.78, 5) is 11.6. The van der Waals surface area contributed by atoms with Crippen LogP contribution in [-0.4, -0.2) is 15.0 Å². The molecule has 18 heavy (non-hydrogen) atoms. The molecule has 0 atom stereocenters. The molecule has 0 amide bonds. The van der Waals surface area contributed by atoms with Crippen molar-refractivity contribution in [3.8, 4) is 0 Å². The SMILES string of the molecule is Cc1ncnc(Nc2cccc(C(F)(F)F)c2)n1. The molecule has 0 saturated heterocycles. The fourth-order valence-corrected chi connectivity index (χ4v) is 1.34. The molecule has 0 aliphatic carbocycles. The summed E-state index contributed by atoms with van der Waals surface area (Å²) >= 11 is 0. The lowest BCUT2D eigenvalue weighted by Crippen LogP contribution is -2.06. The summed E-state index contributed by atoms with van der Waals surface area (Å²) in [6, 6.07) is 4.83. The van der Waals surface area contributed by atoms with Crippen LogP contribution in [0.1, 0.15) is 11.4 Å². The normalized spacial score (nSPS) is 11.3. The van der Waals surface area contributed by atoms with Crippen molar-refractivity contribution >= 4 is 11.6 Å². The highest BCUT2D eigenvalue weighted by Crippen LogP contribution is 2.31. The van der Waals surface area contributed by atoms with Crippen molar-refractivity contribution in [3.63, 3.8) is 0 Å². The van der Waals surface area contributed by atoms with E-state index in [1.54, 1.807) is 6.92 Å². The highest BCUT2D eigenvalue weighted by Gasteiger charge is 2.30. The van der Waals surface area contributed by atoms with Gasteiger partial charge >= 0.3 is 6.18 Å². The van der Waals surface area contributed by atoms with Gasteiger partial charge in [0.2, 0.25) is 5.95 Å². The second-order valence-electron chi connectivity index (χ2n) is 3.56. The first-order valence-corrected chi connectivity index (χ1v) is 5.05. The first-order chi connectivity index (χ1) is 8.45. The number of aromatic nitrogens is 3. The minimum Gasteiger partial charge on any atom is -0.324 e. The van der Waals surface area contributed by atoms with Crippen LogP contribution in [0.25, 0.3) is 0 Å². The van der Waals surface area contributed by atoms with Crippen LogP contribution in [0.5, 0.6) is 0 Å². The summed E-state index contributed by atoms with van der Waals surface area (Å²) in [7, 11) is 0. The number of alkyl halides is 3. The van der Waals surface area contributed by atoms with Gasteiger partial charge in [0.15, 0.2) is 0 Å². The van der Waals surface area contributed by atoms with E-state index in [2.05, 4.69) is 20.3 Å². The van der Waals surface area contributed by atoms with E-state index < -0.39 is 11.7 Å². The number of hydrogen-bond donors (Lipinski definition) is 1. The van der Waals surface area contributed by atoms with Crippen molar-refractivity contribution in [2.45, 2.75) is 13.1 Å². The van der Waals surface area contributed by atoms with E-state index in [0.29, 0.717) is 5.82 Å². The van der Waals surface area contributed by atoms with E-state index in [4.69, 9.17) is 0 Å². The van der Waals surface area contributed by atoms with Gasteiger partial charge in [0.25, 0.3) is 0 Å². The second-order valence-corrected chi connectivity index (χ2v) is 3.56. The molecule has 2 aromatic rings. The maximum Gasteiger partial charge on any atom is 0.416 e. The summed E-state index contributed by atoms with van der Waals surface area (Å²) < 4.78 is 37.5. The fourth-order valence-electron chi connectivity index (χ4n) is 1.34. The Hall–Kier alpha value is -2.18. The quantitative estimate of drug-likeness (QED) is 0.895. The smallest absolute Gasteiger partial charge is 0.324 e. The lowest BCUT2D eigenvalue weighted by atomic mass is 10.2. The van der Waals surface area contributed by atoms with E-state index in [0.717, 1.165) is 12.1 Å². The molecule has 0 saturated carbocycles. The van der Waals surface area contributed by atoms with Crippen molar-refractivity contribution in [2.75, 3.05) is 5.32 Å². The number of halogens is 3. The molecule has 0 radical (unpaired) electrons. The second kappa shape index (κ2) is 4.59. The van der Waals surface area contributed by atoms with Gasteiger partial charge < -0.3 is 5.32 Å². The molecular weight excluding hydrogens is 245 g/mol. The third-order valence-electron chi connectivity index (χ3n) is 2.14. The van der Waals surface area contributed by atoms with Gasteiger partial charge in [-0.25, -0.2) is 9.97 Å². The zero-order valence-electron chi connectivity index (χ0n) is 9.36. The molecule has 1 heterocycles. The molecule has 2 rings (SSSR count). The van der Waals surface area contributed by atoms with Gasteiger partial charge in [-0.3, -0.25) is 0 Å². The molecule has 0 aliphatic heterocycles. The molecule has 7 heteroatoms. The Balaban J connectivity index is 2.25. The monoisotopic (exact) mass is 254 g/mol. The lowest BCUT2D eigenvalue weighted by Gasteiger charge is -2.09. The molecule has 0 aliphatic rings. The molecule has 1 aromatic carbocycles. The molecular formula is C11H9F3N4. The predicted octanol–water partition coefficient (Wildman–Crippen LogP) is 2.94. The summed E-state index contributed by atoms with van der Waals surface area (Å²) in [5, 5.41) is 2.70. The number of nitrogens with zero attached hydrogens (tertiary/aromatic N) is 3. The lowest BCUT2D eigenvalue weighted by molar-refractivity contribution is -0.137. The van der Waals surface area contributed by atoms with Gasteiger partial charge in [-0.15, -0.1) is 0 Å². The van der Waals surface area contributed by atoms with Crippen molar-refractivity contribution < 1.29 is 13.2 Å². The van der Waals surface area contributed by atoms with E-state index in [-0.39, 0.29) is 11.6 Å². The third-order valence-corrected chi connectivity index (χ3v) is 2.14. The van der Waals surface area contributed by atoms with Gasteiger partial charge in [0.05, 0.1) is 5.56 Å². The first kappa shape index (κ1) is 12.3. The van der Waals surface area contributed by atoms with Gasteiger partial charge in [-0.2, -0.15) is 18.2 Å². The summed E-state index contributed by atoms with van der Waals surface area (Å²) in [6.07, 6.45) is -3.08. The maximum atomic E-state index is 12.5. The van der Waals surface area contributed by atoms with Crippen LogP contribution in [0.15, 0.2) is 30.6 Å². The molecule has 0 spiro atoms. The first-order valence-electron chi connectivity index (χ1n) is 5.05. The Kier molecular flexibility index (Phi) is 3.14. The highest BCUT2D eigenvalue weighted by atomic mass is 19.4. The standard InChI is InChI=1S/C11H9F3N4/c1-7-15-6-16-10(17-7)18-9-4-2-3-8(5-9)11(12,13)14/h2-6H,1H3,(H,15,16,17,18). The van der Waals surface area contributed by atoms with Crippen molar-refractivity contribution in [3.05, 3.63) is 42.0 Å². The average Bonchev–Trinajstić information content (AvgIpc) is 2.28. The van der Waals surface area contributed by atoms with E-state index >= 15 is 0 Å². The van der Waals surface area contributed by atoms with Crippen LogP contribution >= 0.6 is 0 Å². The van der Waals surface area contributed by atoms with Crippen LogP contribution in [0.4, 0.5) is 24.8 Å². The molecule has 1 N–H and O–H groups in total. The number of hydrogen-bond acceptors (Lipinski definition) is 4. The van der Waals surface area contributed by atoms with Crippen LogP contribution in [0, 0.1) is 6.92 Å². The number of nitrogens with one attached hydrogen (secondary N) is 1. The summed E-state index contributed by atoms with van der Waals surface area (Å²) in [6.45, 7) is 1.67. The predicted molar refractivity (Wildman–Crippen MR) is 59.3 cm³/mol. The fraction of sp³-hybridized carbons (Fsp3) is 0.182. The zero-order chi connectivity index (χ0) is 13.2. The van der Waals surface area contributed by atoms with Crippen LogP contribution < -0.4 is 5.32 Å². The van der Waals surface area contributed by atoms with E-state index in [9.17, 15) is 13.2 Å². The average molecular weight is 254 g/mol. The highest BCUT2D eigenvalue weighted by molar-refractivity contribution is 5.54. The van der Waals surface area contributed by atoms with Crippen molar-refractivity contribution in [1.29, 1.82) is 0 Å². The summed E-state index contributed by atoms with van der Waals surface area (Å²) in [5.74, 6) is 0.696. The van der Waals surface area contributed by atoms with Crippen LogP contribution in [0.2, 0.25) is 0 Å². The Labute approximate surface area is 101 Å². The van der Waals surface area contributed by atoms with Gasteiger partial charge in [-0.05, 0) is 25.1 Å². The molecule has 0 bridgehead atoms. The molecule has 0 fully saturated rings. The number of rotatable bonds is 2. The van der Waals surface area contributed by atoms with Crippen LogP contribution in [0.3, 0.4) is 0 Å². The molecule has 94 valence electrons. The molecule has 1 aromatic heterocycles. The van der Waals surface area contributed by atoms with Crippen molar-refractivity contribution in [2.24, 2.45) is 0 Å². The largest absolute Gasteiger partial charge is 0.416 e. The van der Waals surface area contributed by atoms with E-state index in [1.807, 2.05) is 0 Å². The number of aryl methyl sites for hydroxylation is 1. The number of anilines is 2. The van der Waals surface area contributed by atoms with E-state index in [1.165, 1.54) is 18.5 Å². The Morgan fingerprint density at radius 3 is 2.61 bits per heavy atom. The zero-order valence-corrected chi connectivity index (χ0v) is 9.36. The Morgan fingerprint density at radius 1 is 1.17 bits per heavy atom. The minimum absolute atomic E-state index is 0.210. The Morgan fingerprint density at radius 2 is 1.94 bits per heavy atom. The maximum absolute atomic E-state index is 12.5. The van der Waals surface area contributed by atoms with Crippen molar-refractivity contribution in [1.82, 2.24) is 15.0 Å². The number of benzene rings is 1. The third kappa shape index (κ3) is 2.93. The Bertz CT molecular complexity index is 554. The minimum atomic E-state index is -4.37. The van der Waals surface area contributed by atoms with Gasteiger partial charge in [0.1, 0.15) is 12.2 Å². The van der Waals surface area contributed by atoms with Crippen LogP contribution in [-0.2, 0) is 6.18 Å². The molecule has 0 unspecified atom stereocenters. The van der Waals surface area contributed by atoms with Gasteiger partial charge in [-0.1, -0.05) is 6.07 Å².